The number of morpholine rings is 1. The zero-order valence-electron chi connectivity index (χ0n) is 12.3. The summed E-state index contributed by atoms with van der Waals surface area (Å²) in [5, 5.41) is 9.08. The lowest BCUT2D eigenvalue weighted by Crippen LogP contribution is -2.52. The van der Waals surface area contributed by atoms with E-state index >= 15 is 0 Å². The number of aromatic nitrogens is 2. The molecule has 1 saturated heterocycles. The molecule has 1 aliphatic rings. The third kappa shape index (κ3) is 3.36. The van der Waals surface area contributed by atoms with Gasteiger partial charge in [0.05, 0.1) is 23.9 Å². The van der Waals surface area contributed by atoms with Crippen LogP contribution in [0.3, 0.4) is 0 Å². The van der Waals surface area contributed by atoms with E-state index in [0.717, 1.165) is 0 Å². The first kappa shape index (κ1) is 15.4. The van der Waals surface area contributed by atoms with Crippen LogP contribution in [-0.4, -0.2) is 57.1 Å². The highest BCUT2D eigenvalue weighted by Crippen LogP contribution is 2.20. The maximum absolute atomic E-state index is 12.6. The summed E-state index contributed by atoms with van der Waals surface area (Å²) in [5.41, 5.74) is 1.09. The molecule has 1 aromatic rings. The summed E-state index contributed by atoms with van der Waals surface area (Å²) in [7, 11) is 0. The number of rotatable bonds is 3. The summed E-state index contributed by atoms with van der Waals surface area (Å²) in [5.74, 6) is -1.23. The normalized spacial score (nSPS) is 22.4. The van der Waals surface area contributed by atoms with Gasteiger partial charge in [0.25, 0.3) is 5.91 Å². The van der Waals surface area contributed by atoms with Gasteiger partial charge in [-0.25, -0.2) is 14.8 Å². The van der Waals surface area contributed by atoms with Crippen molar-refractivity contribution in [2.75, 3.05) is 13.1 Å². The van der Waals surface area contributed by atoms with Gasteiger partial charge in [0.15, 0.2) is 6.10 Å². The van der Waals surface area contributed by atoms with Gasteiger partial charge in [0, 0.05) is 12.7 Å². The van der Waals surface area contributed by atoms with Crippen molar-refractivity contribution in [3.8, 4) is 0 Å². The summed E-state index contributed by atoms with van der Waals surface area (Å²) in [6, 6.07) is 0. The average molecular weight is 293 g/mol. The SMILES string of the molecule is CC(C)c1ncncc1C(=O)N1CC(C(=O)O)O[C@H](C)C1. The van der Waals surface area contributed by atoms with Crippen molar-refractivity contribution in [2.45, 2.75) is 38.9 Å². The second-order valence-corrected chi connectivity index (χ2v) is 5.46. The van der Waals surface area contributed by atoms with Crippen LogP contribution in [0.1, 0.15) is 42.7 Å². The Hall–Kier alpha value is -2.02. The number of carbonyl (C=O) groups is 2. The number of aliphatic carboxylic acids is 1. The lowest BCUT2D eigenvalue weighted by molar-refractivity contribution is -0.160. The Kier molecular flexibility index (Phi) is 4.52. The first-order valence-corrected chi connectivity index (χ1v) is 6.87. The Balaban J connectivity index is 2.25. The number of carboxylic acids is 1. The Morgan fingerprint density at radius 3 is 2.76 bits per heavy atom. The molecule has 7 nitrogen and oxygen atoms in total. The molecular weight excluding hydrogens is 274 g/mol. The maximum atomic E-state index is 12.6. The summed E-state index contributed by atoms with van der Waals surface area (Å²) >= 11 is 0. The van der Waals surface area contributed by atoms with Crippen molar-refractivity contribution >= 4 is 11.9 Å². The van der Waals surface area contributed by atoms with Gasteiger partial charge < -0.3 is 14.7 Å². The fourth-order valence-corrected chi connectivity index (χ4v) is 2.39. The first-order valence-electron chi connectivity index (χ1n) is 6.87. The minimum atomic E-state index is -1.06. The van der Waals surface area contributed by atoms with E-state index in [-0.39, 0.29) is 24.5 Å². The van der Waals surface area contributed by atoms with Crippen LogP contribution in [0.5, 0.6) is 0 Å². The van der Waals surface area contributed by atoms with E-state index < -0.39 is 12.1 Å². The van der Waals surface area contributed by atoms with Crippen LogP contribution < -0.4 is 0 Å². The molecule has 1 N–H and O–H groups in total. The van der Waals surface area contributed by atoms with Crippen LogP contribution in [0.25, 0.3) is 0 Å². The predicted octanol–water partition coefficient (Wildman–Crippen LogP) is 0.914. The quantitative estimate of drug-likeness (QED) is 0.890. The molecule has 0 saturated carbocycles. The number of carbonyl (C=O) groups excluding carboxylic acids is 1. The van der Waals surface area contributed by atoms with Gasteiger partial charge in [-0.15, -0.1) is 0 Å². The molecule has 2 heterocycles. The van der Waals surface area contributed by atoms with Crippen molar-refractivity contribution in [1.29, 1.82) is 0 Å². The highest BCUT2D eigenvalue weighted by Gasteiger charge is 2.34. The number of ether oxygens (including phenoxy) is 1. The minimum Gasteiger partial charge on any atom is -0.479 e. The monoisotopic (exact) mass is 293 g/mol. The van der Waals surface area contributed by atoms with Gasteiger partial charge in [0.1, 0.15) is 6.33 Å². The van der Waals surface area contributed by atoms with Gasteiger partial charge >= 0.3 is 5.97 Å². The summed E-state index contributed by atoms with van der Waals surface area (Å²) < 4.78 is 5.32. The summed E-state index contributed by atoms with van der Waals surface area (Å²) in [6.07, 6.45) is 1.58. The van der Waals surface area contributed by atoms with Crippen LogP contribution in [0.4, 0.5) is 0 Å². The first-order chi connectivity index (χ1) is 9.90. The van der Waals surface area contributed by atoms with Crippen LogP contribution >= 0.6 is 0 Å². The highest BCUT2D eigenvalue weighted by atomic mass is 16.5. The number of hydrogen-bond donors (Lipinski definition) is 1. The number of hydrogen-bond acceptors (Lipinski definition) is 5. The Morgan fingerprint density at radius 2 is 2.14 bits per heavy atom. The van der Waals surface area contributed by atoms with E-state index in [1.54, 1.807) is 6.92 Å². The zero-order valence-corrected chi connectivity index (χ0v) is 12.3. The molecule has 0 bridgehead atoms. The van der Waals surface area contributed by atoms with Crippen LogP contribution in [0, 0.1) is 0 Å². The van der Waals surface area contributed by atoms with Gasteiger partial charge in [-0.1, -0.05) is 13.8 Å². The molecule has 1 aromatic heterocycles. The van der Waals surface area contributed by atoms with Gasteiger partial charge in [-0.05, 0) is 12.8 Å². The molecule has 1 aliphatic heterocycles. The molecule has 0 spiro atoms. The molecule has 7 heteroatoms. The molecule has 1 unspecified atom stereocenters. The molecule has 114 valence electrons. The summed E-state index contributed by atoms with van der Waals surface area (Å²) in [6.45, 7) is 6.03. The van der Waals surface area contributed by atoms with E-state index in [2.05, 4.69) is 9.97 Å². The second-order valence-electron chi connectivity index (χ2n) is 5.46. The van der Waals surface area contributed by atoms with Crippen LogP contribution in [-0.2, 0) is 9.53 Å². The Labute approximate surface area is 123 Å². The number of nitrogens with zero attached hydrogens (tertiary/aromatic N) is 3. The molecule has 1 amide bonds. The lowest BCUT2D eigenvalue weighted by atomic mass is 10.0. The molecular formula is C14H19N3O4. The molecule has 1 fully saturated rings. The van der Waals surface area contributed by atoms with Crippen LogP contribution in [0.2, 0.25) is 0 Å². The average Bonchev–Trinajstić information content (AvgIpc) is 2.45. The number of amides is 1. The predicted molar refractivity (Wildman–Crippen MR) is 74.0 cm³/mol. The van der Waals surface area contributed by atoms with E-state index in [1.165, 1.54) is 17.4 Å². The molecule has 0 radical (unpaired) electrons. The topological polar surface area (TPSA) is 92.6 Å². The molecule has 21 heavy (non-hydrogen) atoms. The van der Waals surface area contributed by atoms with E-state index in [4.69, 9.17) is 9.84 Å². The fraction of sp³-hybridized carbons (Fsp3) is 0.571. The van der Waals surface area contributed by atoms with E-state index in [0.29, 0.717) is 17.8 Å². The molecule has 0 aromatic carbocycles. The number of carboxylic acid groups (broad SMARTS) is 1. The summed E-state index contributed by atoms with van der Waals surface area (Å²) in [4.78, 5) is 33.3. The van der Waals surface area contributed by atoms with Gasteiger partial charge in [0.2, 0.25) is 0 Å². The lowest BCUT2D eigenvalue weighted by Gasteiger charge is -2.35. The fourth-order valence-electron chi connectivity index (χ4n) is 2.39. The van der Waals surface area contributed by atoms with Crippen molar-refractivity contribution in [3.63, 3.8) is 0 Å². The molecule has 0 aliphatic carbocycles. The van der Waals surface area contributed by atoms with Crippen molar-refractivity contribution < 1.29 is 19.4 Å². The third-order valence-corrected chi connectivity index (χ3v) is 3.34. The zero-order chi connectivity index (χ0) is 15.6. The highest BCUT2D eigenvalue weighted by molar-refractivity contribution is 5.95. The minimum absolute atomic E-state index is 0.0327. The van der Waals surface area contributed by atoms with Crippen LogP contribution in [0.15, 0.2) is 12.5 Å². The van der Waals surface area contributed by atoms with Crippen molar-refractivity contribution in [1.82, 2.24) is 14.9 Å². The molecule has 2 atom stereocenters. The largest absolute Gasteiger partial charge is 0.479 e. The van der Waals surface area contributed by atoms with Crippen molar-refractivity contribution in [2.24, 2.45) is 0 Å². The van der Waals surface area contributed by atoms with Gasteiger partial charge in [-0.3, -0.25) is 4.79 Å². The van der Waals surface area contributed by atoms with Gasteiger partial charge in [-0.2, -0.15) is 0 Å². The Bertz CT molecular complexity index is 547. The standard InChI is InChI=1S/C14H19N3O4/c1-8(2)12-10(4-15-7-16-12)13(18)17-5-9(3)21-11(6-17)14(19)20/h4,7-9,11H,5-6H2,1-3H3,(H,19,20)/t9-,11?/m1/s1. The maximum Gasteiger partial charge on any atom is 0.334 e. The van der Waals surface area contributed by atoms with Crippen molar-refractivity contribution in [3.05, 3.63) is 23.8 Å². The Morgan fingerprint density at radius 1 is 1.43 bits per heavy atom. The van der Waals surface area contributed by atoms with E-state index in [1.807, 2.05) is 13.8 Å². The smallest absolute Gasteiger partial charge is 0.334 e. The second kappa shape index (κ2) is 6.17. The third-order valence-electron chi connectivity index (χ3n) is 3.34. The molecule has 2 rings (SSSR count). The van der Waals surface area contributed by atoms with E-state index in [9.17, 15) is 9.59 Å².